The normalized spacial score (nSPS) is 15.2. The number of carbonyl (C=O) groups excluding carboxylic acids is 2. The number of likely N-dealkylation sites (N-methyl/N-ethyl adjacent to an activating group) is 1. The fourth-order valence-electron chi connectivity index (χ4n) is 5.73. The zero-order valence-corrected chi connectivity index (χ0v) is 37.4. The second kappa shape index (κ2) is 36.9. The number of aliphatic hydroxyl groups excluding tert-OH is 2. The molecule has 0 radical (unpaired) electrons. The number of quaternary nitrogens is 1. The van der Waals surface area contributed by atoms with E-state index < -0.39 is 44.7 Å². The van der Waals surface area contributed by atoms with Gasteiger partial charge in [0, 0.05) is 12.8 Å². The number of ether oxygens (including phenoxy) is 2. The van der Waals surface area contributed by atoms with Gasteiger partial charge in [-0.25, -0.2) is 0 Å². The van der Waals surface area contributed by atoms with Crippen molar-refractivity contribution in [3.8, 4) is 0 Å². The Balaban J connectivity index is 4.61. The third-order valence-electron chi connectivity index (χ3n) is 9.29. The van der Waals surface area contributed by atoms with E-state index in [2.05, 4.69) is 19.9 Å². The lowest BCUT2D eigenvalue weighted by molar-refractivity contribution is -0.870. The van der Waals surface area contributed by atoms with Crippen LogP contribution in [0.1, 0.15) is 162 Å². The van der Waals surface area contributed by atoms with Crippen molar-refractivity contribution in [3.05, 3.63) is 48.6 Å². The van der Waals surface area contributed by atoms with Gasteiger partial charge in [0.25, 0.3) is 7.82 Å². The molecule has 0 rings (SSSR count). The van der Waals surface area contributed by atoms with Crippen LogP contribution in [0.4, 0.5) is 0 Å². The first-order chi connectivity index (χ1) is 27.3. The summed E-state index contributed by atoms with van der Waals surface area (Å²) in [6, 6.07) is 0. The zero-order chi connectivity index (χ0) is 42.5. The molecule has 0 amide bonds. The first-order valence-electron chi connectivity index (χ1n) is 22.1. The van der Waals surface area contributed by atoms with E-state index in [0.29, 0.717) is 36.7 Å². The van der Waals surface area contributed by atoms with Crippen molar-refractivity contribution >= 4 is 19.8 Å². The van der Waals surface area contributed by atoms with Gasteiger partial charge in [-0.05, 0) is 38.5 Å². The molecule has 0 aromatic rings. The van der Waals surface area contributed by atoms with Gasteiger partial charge in [-0.1, -0.05) is 159 Å². The lowest BCUT2D eigenvalue weighted by atomic mass is 10.0. The van der Waals surface area contributed by atoms with E-state index in [4.69, 9.17) is 18.5 Å². The van der Waals surface area contributed by atoms with E-state index in [9.17, 15) is 29.3 Å². The van der Waals surface area contributed by atoms with Gasteiger partial charge in [-0.2, -0.15) is 0 Å². The molecule has 12 heteroatoms. The number of rotatable bonds is 39. The standard InChI is InChI=1S/C45H82NO10P/c1-6-8-10-12-14-15-16-17-18-19-20-21-23-29-35-45(50)56-43(40-55-57(51,52)54-38-37-46(3,4)5)39-53-44(49)36-30-34-42(48)33-28-25-24-27-32-41(47)31-26-22-13-11-9-7-2/h22,24-28,32-33,41-43,47-48H,6-21,23,29-31,34-40H2,1-5H3/b25-24+,26-22-,32-27+,33-28-/t41-,42-,43-/m1/s1. The molecule has 0 heterocycles. The molecule has 0 bridgehead atoms. The number of phosphoric ester groups is 1. The minimum atomic E-state index is -4.68. The maximum atomic E-state index is 12.7. The molecule has 0 saturated heterocycles. The lowest BCUT2D eigenvalue weighted by Gasteiger charge is -2.28. The summed E-state index contributed by atoms with van der Waals surface area (Å²) in [5.41, 5.74) is 0. The summed E-state index contributed by atoms with van der Waals surface area (Å²) >= 11 is 0. The van der Waals surface area contributed by atoms with Gasteiger partial charge in [0.2, 0.25) is 0 Å². The molecule has 0 aliphatic rings. The Kier molecular flexibility index (Phi) is 35.6. The Morgan fingerprint density at radius 3 is 1.75 bits per heavy atom. The zero-order valence-electron chi connectivity index (χ0n) is 36.5. The van der Waals surface area contributed by atoms with Gasteiger partial charge in [-0.15, -0.1) is 0 Å². The van der Waals surface area contributed by atoms with Crippen LogP contribution in [0, 0.1) is 0 Å². The van der Waals surface area contributed by atoms with Crippen LogP contribution in [0.25, 0.3) is 0 Å². The Bertz CT molecular complexity index is 1150. The number of aliphatic hydroxyl groups is 2. The van der Waals surface area contributed by atoms with Gasteiger partial charge >= 0.3 is 11.9 Å². The molecule has 0 aromatic carbocycles. The SMILES string of the molecule is CCCCC/C=C\C[C@@H](O)/C=C/C=C/C=C\[C@@H](O)CCCC(=O)OC[C@H](COP(=O)([O-])OCC[N+](C)(C)C)OC(=O)CCCCCCCCCCCCCCCC. The Hall–Kier alpha value is -2.11. The molecule has 2 N–H and O–H groups in total. The Labute approximate surface area is 347 Å². The monoisotopic (exact) mass is 828 g/mol. The van der Waals surface area contributed by atoms with Crippen molar-refractivity contribution < 1.29 is 52.3 Å². The average Bonchev–Trinajstić information content (AvgIpc) is 3.15. The predicted molar refractivity (Wildman–Crippen MR) is 229 cm³/mol. The van der Waals surface area contributed by atoms with Crippen molar-refractivity contribution in [1.29, 1.82) is 0 Å². The van der Waals surface area contributed by atoms with Gasteiger partial charge in [0.05, 0.1) is 40.0 Å². The maximum Gasteiger partial charge on any atom is 0.306 e. The molecule has 0 fully saturated rings. The van der Waals surface area contributed by atoms with Crippen LogP contribution in [-0.2, 0) is 32.7 Å². The number of hydrogen-bond acceptors (Lipinski definition) is 10. The van der Waals surface area contributed by atoms with E-state index in [0.717, 1.165) is 25.7 Å². The van der Waals surface area contributed by atoms with Gasteiger partial charge in [0.15, 0.2) is 6.10 Å². The largest absolute Gasteiger partial charge is 0.756 e. The molecule has 1 unspecified atom stereocenters. The van der Waals surface area contributed by atoms with Gasteiger partial charge in [-0.3, -0.25) is 14.2 Å². The van der Waals surface area contributed by atoms with Crippen LogP contribution in [0.5, 0.6) is 0 Å². The average molecular weight is 828 g/mol. The Morgan fingerprint density at radius 1 is 0.649 bits per heavy atom. The number of esters is 2. The first-order valence-corrected chi connectivity index (χ1v) is 23.5. The van der Waals surface area contributed by atoms with Crippen LogP contribution in [0.2, 0.25) is 0 Å². The summed E-state index contributed by atoms with van der Waals surface area (Å²) in [6.45, 7) is 3.88. The van der Waals surface area contributed by atoms with Crippen LogP contribution in [0.15, 0.2) is 48.6 Å². The van der Waals surface area contributed by atoms with Crippen molar-refractivity contribution in [2.45, 2.75) is 180 Å². The summed E-state index contributed by atoms with van der Waals surface area (Å²) in [6.07, 6.45) is 34.8. The van der Waals surface area contributed by atoms with E-state index in [1.807, 2.05) is 27.2 Å². The fourth-order valence-corrected chi connectivity index (χ4v) is 6.46. The highest BCUT2D eigenvalue weighted by molar-refractivity contribution is 7.45. The fraction of sp³-hybridized carbons (Fsp3) is 0.778. The first kappa shape index (κ1) is 54.9. The number of phosphoric acid groups is 1. The maximum absolute atomic E-state index is 12.7. The van der Waals surface area contributed by atoms with E-state index in [-0.39, 0.29) is 26.1 Å². The lowest BCUT2D eigenvalue weighted by Crippen LogP contribution is -2.37. The third-order valence-corrected chi connectivity index (χ3v) is 10.3. The number of hydrogen-bond donors (Lipinski definition) is 2. The van der Waals surface area contributed by atoms with E-state index >= 15 is 0 Å². The van der Waals surface area contributed by atoms with E-state index in [1.165, 1.54) is 83.5 Å². The van der Waals surface area contributed by atoms with Crippen molar-refractivity contribution in [1.82, 2.24) is 0 Å². The highest BCUT2D eigenvalue weighted by Crippen LogP contribution is 2.38. The molecule has 0 saturated carbocycles. The third kappa shape index (κ3) is 40.5. The summed E-state index contributed by atoms with van der Waals surface area (Å²) in [5, 5.41) is 20.3. The van der Waals surface area contributed by atoms with Crippen LogP contribution in [-0.4, -0.2) is 92.5 Å². The number of allylic oxidation sites excluding steroid dienone is 5. The number of nitrogens with zero attached hydrogens (tertiary/aromatic N) is 1. The Morgan fingerprint density at radius 2 is 1.18 bits per heavy atom. The second-order valence-electron chi connectivity index (χ2n) is 16.1. The molecule has 332 valence electrons. The number of carbonyl (C=O) groups is 2. The van der Waals surface area contributed by atoms with Crippen molar-refractivity contribution in [2.24, 2.45) is 0 Å². The van der Waals surface area contributed by atoms with Crippen molar-refractivity contribution in [2.75, 3.05) is 47.5 Å². The smallest absolute Gasteiger partial charge is 0.306 e. The van der Waals surface area contributed by atoms with E-state index in [1.54, 1.807) is 36.5 Å². The van der Waals surface area contributed by atoms with Crippen LogP contribution in [0.3, 0.4) is 0 Å². The highest BCUT2D eigenvalue weighted by Gasteiger charge is 2.22. The summed E-state index contributed by atoms with van der Waals surface area (Å²) in [5.74, 6) is -1.07. The molecule has 4 atom stereocenters. The molecule has 0 aliphatic heterocycles. The van der Waals surface area contributed by atoms with Gasteiger partial charge in [0.1, 0.15) is 19.8 Å². The van der Waals surface area contributed by atoms with Gasteiger partial charge < -0.3 is 38.1 Å². The molecule has 0 aliphatic carbocycles. The molecule has 11 nitrogen and oxygen atoms in total. The quantitative estimate of drug-likeness (QED) is 0.0153. The van der Waals surface area contributed by atoms with Crippen LogP contribution < -0.4 is 4.89 Å². The summed E-state index contributed by atoms with van der Waals surface area (Å²) in [7, 11) is 1.03. The van der Waals surface area contributed by atoms with Crippen LogP contribution >= 0.6 is 7.82 Å². The molecular formula is C45H82NO10P. The molecule has 0 spiro atoms. The predicted octanol–water partition coefficient (Wildman–Crippen LogP) is 9.61. The minimum absolute atomic E-state index is 0.0171. The highest BCUT2D eigenvalue weighted by atomic mass is 31.2. The molecule has 0 aromatic heterocycles. The molecule has 57 heavy (non-hydrogen) atoms. The minimum Gasteiger partial charge on any atom is -0.756 e. The number of unbranched alkanes of at least 4 members (excludes halogenated alkanes) is 16. The topological polar surface area (TPSA) is 152 Å². The molecular weight excluding hydrogens is 745 g/mol. The van der Waals surface area contributed by atoms with Crippen molar-refractivity contribution in [3.63, 3.8) is 0 Å². The second-order valence-corrected chi connectivity index (χ2v) is 17.5. The summed E-state index contributed by atoms with van der Waals surface area (Å²) < 4.78 is 33.7. The summed E-state index contributed by atoms with van der Waals surface area (Å²) in [4.78, 5) is 37.5.